The number of amides is 1. The van der Waals surface area contributed by atoms with Crippen molar-refractivity contribution in [1.29, 1.82) is 0 Å². The minimum atomic E-state index is -3.73. The average molecular weight is 449 g/mol. The second-order valence-electron chi connectivity index (χ2n) is 6.85. The Balaban J connectivity index is 1.72. The highest BCUT2D eigenvalue weighted by atomic mass is 35.5. The monoisotopic (exact) mass is 448 g/mol. The van der Waals surface area contributed by atoms with E-state index in [1.165, 1.54) is 11.9 Å². The van der Waals surface area contributed by atoms with Gasteiger partial charge >= 0.3 is 0 Å². The average Bonchev–Trinajstić information content (AvgIpc) is 3.14. The molecular weight excluding hydrogens is 428 g/mol. The molecule has 1 amide bonds. The van der Waals surface area contributed by atoms with Gasteiger partial charge in [0, 0.05) is 12.6 Å². The fraction of sp³-hybridized carbons (Fsp3) is 0.250. The Hall–Kier alpha value is -2.91. The van der Waals surface area contributed by atoms with E-state index in [4.69, 9.17) is 16.1 Å². The van der Waals surface area contributed by atoms with E-state index in [2.05, 4.69) is 10.1 Å². The molecule has 0 saturated heterocycles. The summed E-state index contributed by atoms with van der Waals surface area (Å²) in [4.78, 5) is 18.3. The molecule has 8 nitrogen and oxygen atoms in total. The number of likely N-dealkylation sites (N-methyl/N-ethyl adjacent to an activating group) is 1. The van der Waals surface area contributed by atoms with Crippen LogP contribution in [0.25, 0.3) is 11.4 Å². The van der Waals surface area contributed by atoms with E-state index < -0.39 is 22.5 Å². The van der Waals surface area contributed by atoms with E-state index >= 15 is 0 Å². The normalized spacial score (nSPS) is 11.3. The van der Waals surface area contributed by atoms with Crippen molar-refractivity contribution in [3.8, 4) is 11.4 Å². The van der Waals surface area contributed by atoms with Gasteiger partial charge in [0.05, 0.1) is 23.5 Å². The lowest BCUT2D eigenvalue weighted by atomic mass is 10.1. The summed E-state index contributed by atoms with van der Waals surface area (Å²) in [7, 11) is -2.19. The van der Waals surface area contributed by atoms with Crippen LogP contribution in [0.3, 0.4) is 0 Å². The smallest absolute Gasteiger partial charge is 0.246 e. The van der Waals surface area contributed by atoms with Gasteiger partial charge in [-0.25, -0.2) is 8.42 Å². The predicted octanol–water partition coefficient (Wildman–Crippen LogP) is 3.12. The number of benzene rings is 2. The number of nitrogens with zero attached hydrogens (tertiary/aromatic N) is 4. The molecule has 1 heterocycles. The molecule has 0 saturated carbocycles. The summed E-state index contributed by atoms with van der Waals surface area (Å²) >= 11 is 6.12. The first kappa shape index (κ1) is 21.8. The van der Waals surface area contributed by atoms with Gasteiger partial charge in [0.2, 0.25) is 27.6 Å². The molecule has 0 fully saturated rings. The SMILES string of the molecule is Cc1ccc(-c2noc(CN(C)C(=O)CN(c3ccccc3Cl)S(C)(=O)=O)n2)cc1. The van der Waals surface area contributed by atoms with Crippen molar-refractivity contribution >= 4 is 33.2 Å². The Morgan fingerprint density at radius 3 is 2.43 bits per heavy atom. The van der Waals surface area contributed by atoms with Crippen molar-refractivity contribution in [1.82, 2.24) is 15.0 Å². The third-order valence-corrected chi connectivity index (χ3v) is 5.82. The molecule has 158 valence electrons. The molecule has 3 rings (SSSR count). The van der Waals surface area contributed by atoms with E-state index in [1.54, 1.807) is 24.3 Å². The maximum absolute atomic E-state index is 12.7. The van der Waals surface area contributed by atoms with Gasteiger partial charge in [-0.1, -0.05) is 58.7 Å². The molecular formula is C20H21ClN4O4S. The summed E-state index contributed by atoms with van der Waals surface area (Å²) < 4.78 is 30.7. The lowest BCUT2D eigenvalue weighted by Gasteiger charge is -2.25. The Kier molecular flexibility index (Phi) is 6.42. The highest BCUT2D eigenvalue weighted by Gasteiger charge is 2.25. The number of carbonyl (C=O) groups is 1. The fourth-order valence-corrected chi connectivity index (χ4v) is 3.86. The summed E-state index contributed by atoms with van der Waals surface area (Å²) in [5, 5.41) is 4.17. The molecule has 0 radical (unpaired) electrons. The minimum absolute atomic E-state index is 0.0395. The van der Waals surface area contributed by atoms with Gasteiger partial charge in [-0.3, -0.25) is 9.10 Å². The molecule has 0 aliphatic rings. The first-order valence-electron chi connectivity index (χ1n) is 9.01. The molecule has 30 heavy (non-hydrogen) atoms. The zero-order chi connectivity index (χ0) is 21.9. The van der Waals surface area contributed by atoms with Crippen molar-refractivity contribution in [2.24, 2.45) is 0 Å². The lowest BCUT2D eigenvalue weighted by Crippen LogP contribution is -2.41. The number of hydrogen-bond donors (Lipinski definition) is 0. The van der Waals surface area contributed by atoms with Gasteiger partial charge in [-0.2, -0.15) is 4.98 Å². The van der Waals surface area contributed by atoms with Gasteiger partial charge in [0.1, 0.15) is 6.54 Å². The zero-order valence-electron chi connectivity index (χ0n) is 16.7. The summed E-state index contributed by atoms with van der Waals surface area (Å²) in [6, 6.07) is 14.1. The molecule has 0 N–H and O–H groups in total. The third kappa shape index (κ3) is 5.17. The van der Waals surface area contributed by atoms with Crippen LogP contribution in [0.2, 0.25) is 5.02 Å². The molecule has 0 aliphatic carbocycles. The Bertz CT molecular complexity index is 1150. The molecule has 0 unspecified atom stereocenters. The van der Waals surface area contributed by atoms with E-state index in [0.717, 1.165) is 21.7 Å². The van der Waals surface area contributed by atoms with Crippen molar-refractivity contribution < 1.29 is 17.7 Å². The first-order valence-corrected chi connectivity index (χ1v) is 11.2. The van der Waals surface area contributed by atoms with Crippen LogP contribution in [0.4, 0.5) is 5.69 Å². The molecule has 2 aromatic carbocycles. The molecule has 1 aromatic heterocycles. The first-order chi connectivity index (χ1) is 14.1. The van der Waals surface area contributed by atoms with E-state index in [1.807, 2.05) is 31.2 Å². The molecule has 10 heteroatoms. The van der Waals surface area contributed by atoms with Crippen LogP contribution >= 0.6 is 11.6 Å². The minimum Gasteiger partial charge on any atom is -0.337 e. The number of carbonyl (C=O) groups excluding carboxylic acids is 1. The van der Waals surface area contributed by atoms with Gasteiger partial charge < -0.3 is 9.42 Å². The van der Waals surface area contributed by atoms with Crippen LogP contribution in [-0.2, 0) is 21.4 Å². The summed E-state index contributed by atoms with van der Waals surface area (Å²) in [5.41, 5.74) is 2.15. The number of halogens is 1. The number of para-hydroxylation sites is 1. The summed E-state index contributed by atoms with van der Waals surface area (Å²) in [6.45, 7) is 1.62. The number of sulfonamides is 1. The quantitative estimate of drug-likeness (QED) is 0.551. The molecule has 0 aliphatic heterocycles. The largest absolute Gasteiger partial charge is 0.337 e. The summed E-state index contributed by atoms with van der Waals surface area (Å²) in [5.74, 6) is 0.209. The predicted molar refractivity (Wildman–Crippen MR) is 115 cm³/mol. The highest BCUT2D eigenvalue weighted by molar-refractivity contribution is 7.92. The van der Waals surface area contributed by atoms with Crippen LogP contribution in [0.5, 0.6) is 0 Å². The van der Waals surface area contributed by atoms with Crippen LogP contribution in [0.15, 0.2) is 53.1 Å². The molecule has 0 atom stereocenters. The van der Waals surface area contributed by atoms with Gasteiger partial charge in [0.15, 0.2) is 0 Å². The van der Waals surface area contributed by atoms with Gasteiger partial charge in [-0.15, -0.1) is 0 Å². The molecule has 3 aromatic rings. The Morgan fingerprint density at radius 2 is 1.80 bits per heavy atom. The molecule has 0 spiro atoms. The van der Waals surface area contributed by atoms with Crippen LogP contribution in [0.1, 0.15) is 11.5 Å². The maximum Gasteiger partial charge on any atom is 0.246 e. The maximum atomic E-state index is 12.7. The fourth-order valence-electron chi connectivity index (χ4n) is 2.71. The number of rotatable bonds is 7. The van der Waals surface area contributed by atoms with Crippen molar-refractivity contribution in [3.63, 3.8) is 0 Å². The third-order valence-electron chi connectivity index (χ3n) is 4.38. The van der Waals surface area contributed by atoms with Crippen LogP contribution < -0.4 is 4.31 Å². The lowest BCUT2D eigenvalue weighted by molar-refractivity contribution is -0.129. The van der Waals surface area contributed by atoms with Crippen LogP contribution in [-0.4, -0.2) is 49.2 Å². The topological polar surface area (TPSA) is 96.6 Å². The second-order valence-corrected chi connectivity index (χ2v) is 9.16. The van der Waals surface area contributed by atoms with Gasteiger partial charge in [0.25, 0.3) is 0 Å². The van der Waals surface area contributed by atoms with Crippen molar-refractivity contribution in [2.75, 3.05) is 24.2 Å². The number of anilines is 1. The zero-order valence-corrected chi connectivity index (χ0v) is 18.3. The van der Waals surface area contributed by atoms with Crippen molar-refractivity contribution in [3.05, 3.63) is 65.0 Å². The number of hydrogen-bond acceptors (Lipinski definition) is 6. The van der Waals surface area contributed by atoms with Gasteiger partial charge in [-0.05, 0) is 19.1 Å². The molecule has 0 bridgehead atoms. The highest BCUT2D eigenvalue weighted by Crippen LogP contribution is 2.27. The Morgan fingerprint density at radius 1 is 1.13 bits per heavy atom. The van der Waals surface area contributed by atoms with E-state index in [-0.39, 0.29) is 23.1 Å². The van der Waals surface area contributed by atoms with Crippen LogP contribution in [0, 0.1) is 6.92 Å². The summed E-state index contributed by atoms with van der Waals surface area (Å²) in [6.07, 6.45) is 1.02. The standard InChI is InChI=1S/C20H21ClN4O4S/c1-14-8-10-15(11-9-14)20-22-18(29-23-20)12-24(2)19(26)13-25(30(3,27)28)17-7-5-4-6-16(17)21/h4-11H,12-13H2,1-3H3. The van der Waals surface area contributed by atoms with Crippen molar-refractivity contribution in [2.45, 2.75) is 13.5 Å². The Labute approximate surface area is 180 Å². The number of aryl methyl sites for hydroxylation is 1. The van der Waals surface area contributed by atoms with E-state index in [0.29, 0.717) is 5.82 Å². The van der Waals surface area contributed by atoms with E-state index in [9.17, 15) is 13.2 Å². The second kappa shape index (κ2) is 8.85. The number of aromatic nitrogens is 2.